The van der Waals surface area contributed by atoms with Gasteiger partial charge in [-0.05, 0) is 31.7 Å². The van der Waals surface area contributed by atoms with Crippen LogP contribution in [0.4, 0.5) is 0 Å². The van der Waals surface area contributed by atoms with Gasteiger partial charge in [0, 0.05) is 31.6 Å². The highest BCUT2D eigenvalue weighted by Gasteiger charge is 2.27. The molecule has 0 aliphatic rings. The molecule has 0 unspecified atom stereocenters. The van der Waals surface area contributed by atoms with E-state index >= 15 is 0 Å². The quantitative estimate of drug-likeness (QED) is 0.846. The maximum atomic E-state index is 11.8. The van der Waals surface area contributed by atoms with Crippen LogP contribution in [0.5, 0.6) is 0 Å². The predicted molar refractivity (Wildman–Crippen MR) is 83.2 cm³/mol. The van der Waals surface area contributed by atoms with Gasteiger partial charge >= 0.3 is 5.97 Å². The number of carboxylic acid groups (broad SMARTS) is 1. The van der Waals surface area contributed by atoms with Gasteiger partial charge in [-0.15, -0.1) is 0 Å². The van der Waals surface area contributed by atoms with Crippen LogP contribution < -0.4 is 0 Å². The molecule has 0 amide bonds. The highest BCUT2D eigenvalue weighted by molar-refractivity contribution is 5.77. The highest BCUT2D eigenvalue weighted by Crippen LogP contribution is 2.27. The summed E-state index contributed by atoms with van der Waals surface area (Å²) in [5.41, 5.74) is 2.54. The number of aryl methyl sites for hydroxylation is 1. The van der Waals surface area contributed by atoms with Gasteiger partial charge in [-0.1, -0.05) is 12.1 Å². The molecular weight excluding hydrogens is 282 g/mol. The van der Waals surface area contributed by atoms with Crippen molar-refractivity contribution in [2.45, 2.75) is 13.0 Å². The van der Waals surface area contributed by atoms with Crippen LogP contribution in [0.1, 0.15) is 17.2 Å². The minimum absolute atomic E-state index is 0.475. The molecule has 0 aliphatic carbocycles. The summed E-state index contributed by atoms with van der Waals surface area (Å²) in [5, 5.41) is 13.9. The van der Waals surface area contributed by atoms with E-state index in [1.54, 1.807) is 29.9 Å². The average Bonchev–Trinajstić information content (AvgIpc) is 3.00. The zero-order valence-corrected chi connectivity index (χ0v) is 13.1. The molecule has 1 atom stereocenters. The summed E-state index contributed by atoms with van der Waals surface area (Å²) in [5.74, 6) is -0.893. The molecule has 2 rings (SSSR count). The average molecular weight is 303 g/mol. The second-order valence-corrected chi connectivity index (χ2v) is 5.23. The minimum atomic E-state index is -0.893. The Bertz CT molecular complexity index is 626. The van der Waals surface area contributed by atoms with Crippen molar-refractivity contribution < 1.29 is 14.6 Å². The van der Waals surface area contributed by atoms with Crippen molar-refractivity contribution in [3.05, 3.63) is 47.8 Å². The largest absolute Gasteiger partial charge is 0.480 e. The molecule has 1 aromatic carbocycles. The highest BCUT2D eigenvalue weighted by atomic mass is 16.5. The zero-order valence-electron chi connectivity index (χ0n) is 13.1. The fourth-order valence-electron chi connectivity index (χ4n) is 2.42. The summed E-state index contributed by atoms with van der Waals surface area (Å²) in [7, 11) is 3.38. The third-order valence-electron chi connectivity index (χ3n) is 3.55. The fourth-order valence-corrected chi connectivity index (χ4v) is 2.42. The maximum absolute atomic E-state index is 11.8. The van der Waals surface area contributed by atoms with Gasteiger partial charge in [-0.3, -0.25) is 9.69 Å². The van der Waals surface area contributed by atoms with Crippen molar-refractivity contribution in [3.63, 3.8) is 0 Å². The van der Waals surface area contributed by atoms with Crippen molar-refractivity contribution in [2.24, 2.45) is 0 Å². The topological polar surface area (TPSA) is 67.6 Å². The van der Waals surface area contributed by atoms with E-state index in [0.29, 0.717) is 18.7 Å². The number of hydrogen-bond donors (Lipinski definition) is 1. The van der Waals surface area contributed by atoms with Gasteiger partial charge in [0.15, 0.2) is 0 Å². The first-order chi connectivity index (χ1) is 10.5. The Morgan fingerprint density at radius 3 is 2.86 bits per heavy atom. The Hall–Kier alpha value is -2.18. The Morgan fingerprint density at radius 2 is 2.27 bits per heavy atom. The molecule has 1 N–H and O–H groups in total. The number of carbonyl (C=O) groups is 1. The Morgan fingerprint density at radius 1 is 1.50 bits per heavy atom. The van der Waals surface area contributed by atoms with Gasteiger partial charge < -0.3 is 9.84 Å². The van der Waals surface area contributed by atoms with Crippen LogP contribution in [0.2, 0.25) is 0 Å². The number of nitrogens with zero attached hydrogens (tertiary/aromatic N) is 3. The molecule has 0 radical (unpaired) electrons. The molecule has 0 bridgehead atoms. The van der Waals surface area contributed by atoms with Crippen molar-refractivity contribution in [3.8, 4) is 5.69 Å². The molecule has 0 saturated carbocycles. The molecule has 6 heteroatoms. The van der Waals surface area contributed by atoms with Gasteiger partial charge in [0.1, 0.15) is 6.04 Å². The van der Waals surface area contributed by atoms with Gasteiger partial charge in [0.05, 0.1) is 12.3 Å². The summed E-state index contributed by atoms with van der Waals surface area (Å²) in [6, 6.07) is 6.78. The van der Waals surface area contributed by atoms with E-state index < -0.39 is 12.0 Å². The van der Waals surface area contributed by atoms with Crippen molar-refractivity contribution in [2.75, 3.05) is 27.3 Å². The van der Waals surface area contributed by atoms with Crippen LogP contribution in [0.15, 0.2) is 36.7 Å². The van der Waals surface area contributed by atoms with Crippen molar-refractivity contribution >= 4 is 5.97 Å². The van der Waals surface area contributed by atoms with E-state index in [4.69, 9.17) is 4.74 Å². The van der Waals surface area contributed by atoms with Gasteiger partial charge in [0.2, 0.25) is 0 Å². The third-order valence-corrected chi connectivity index (χ3v) is 3.55. The fraction of sp³-hybridized carbons (Fsp3) is 0.375. The Kier molecular flexibility index (Phi) is 5.30. The maximum Gasteiger partial charge on any atom is 0.325 e. The summed E-state index contributed by atoms with van der Waals surface area (Å²) < 4.78 is 6.74. The van der Waals surface area contributed by atoms with Crippen LogP contribution >= 0.6 is 0 Å². The zero-order chi connectivity index (χ0) is 16.1. The standard InChI is InChI=1S/C16H21N3O3/c1-12-5-6-13(14(11-12)19-8-4-7-17-19)15(16(20)21)18(2)9-10-22-3/h4-8,11,15H,9-10H2,1-3H3,(H,20,21)/t15-/m0/s1. The van der Waals surface area contributed by atoms with Gasteiger partial charge in [-0.25, -0.2) is 4.68 Å². The summed E-state index contributed by atoms with van der Waals surface area (Å²) in [4.78, 5) is 13.6. The Balaban J connectivity index is 2.46. The van der Waals surface area contributed by atoms with E-state index in [2.05, 4.69) is 5.10 Å². The smallest absolute Gasteiger partial charge is 0.325 e. The molecule has 0 spiro atoms. The number of aromatic nitrogens is 2. The van der Waals surface area contributed by atoms with E-state index in [1.807, 2.05) is 37.4 Å². The summed E-state index contributed by atoms with van der Waals surface area (Å²) >= 11 is 0. The molecule has 118 valence electrons. The number of carboxylic acids is 1. The molecule has 2 aromatic rings. The lowest BCUT2D eigenvalue weighted by Gasteiger charge is -2.26. The van der Waals surface area contributed by atoms with Crippen molar-refractivity contribution in [1.29, 1.82) is 0 Å². The monoisotopic (exact) mass is 303 g/mol. The SMILES string of the molecule is COCCN(C)[C@H](C(=O)O)c1ccc(C)cc1-n1cccn1. The first kappa shape index (κ1) is 16.2. The van der Waals surface area contributed by atoms with Crippen LogP contribution in [0.3, 0.4) is 0 Å². The lowest BCUT2D eigenvalue weighted by molar-refractivity contribution is -0.143. The molecule has 0 aliphatic heterocycles. The van der Waals surface area contributed by atoms with E-state index in [-0.39, 0.29) is 0 Å². The van der Waals surface area contributed by atoms with E-state index in [0.717, 1.165) is 11.3 Å². The second kappa shape index (κ2) is 7.20. The van der Waals surface area contributed by atoms with Crippen molar-refractivity contribution in [1.82, 2.24) is 14.7 Å². The number of benzene rings is 1. The van der Waals surface area contributed by atoms with Gasteiger partial charge in [-0.2, -0.15) is 5.10 Å². The normalized spacial score (nSPS) is 12.5. The van der Waals surface area contributed by atoms with Crippen LogP contribution in [-0.4, -0.2) is 53.1 Å². The predicted octanol–water partition coefficient (Wildman–Crippen LogP) is 1.88. The number of methoxy groups -OCH3 is 1. The van der Waals surface area contributed by atoms with Crippen LogP contribution in [-0.2, 0) is 9.53 Å². The molecule has 1 aromatic heterocycles. The molecule has 6 nitrogen and oxygen atoms in total. The second-order valence-electron chi connectivity index (χ2n) is 5.23. The van der Waals surface area contributed by atoms with Crippen LogP contribution in [0.25, 0.3) is 5.69 Å². The number of hydrogen-bond acceptors (Lipinski definition) is 4. The van der Waals surface area contributed by atoms with E-state index in [1.165, 1.54) is 0 Å². The molecule has 22 heavy (non-hydrogen) atoms. The molecule has 0 saturated heterocycles. The van der Waals surface area contributed by atoms with Gasteiger partial charge in [0.25, 0.3) is 0 Å². The lowest BCUT2D eigenvalue weighted by Crippen LogP contribution is -2.34. The molecular formula is C16H21N3O3. The third kappa shape index (κ3) is 3.52. The lowest BCUT2D eigenvalue weighted by atomic mass is 10.0. The Labute approximate surface area is 129 Å². The number of ether oxygens (including phenoxy) is 1. The minimum Gasteiger partial charge on any atom is -0.480 e. The summed E-state index contributed by atoms with van der Waals surface area (Å²) in [6.07, 6.45) is 3.49. The number of aliphatic carboxylic acids is 1. The summed E-state index contributed by atoms with van der Waals surface area (Å²) in [6.45, 7) is 2.98. The number of rotatable bonds is 7. The first-order valence-electron chi connectivity index (χ1n) is 7.07. The number of likely N-dealkylation sites (N-methyl/N-ethyl adjacent to an activating group) is 1. The van der Waals surface area contributed by atoms with Crippen LogP contribution in [0, 0.1) is 6.92 Å². The van der Waals surface area contributed by atoms with E-state index in [9.17, 15) is 9.90 Å². The molecule has 1 heterocycles. The first-order valence-corrected chi connectivity index (χ1v) is 7.07. The molecule has 0 fully saturated rings.